The van der Waals surface area contributed by atoms with Crippen molar-refractivity contribution in [1.82, 2.24) is 19.8 Å². The third kappa shape index (κ3) is 2.58. The Bertz CT molecular complexity index is 439. The van der Waals surface area contributed by atoms with Gasteiger partial charge in [-0.05, 0) is 13.6 Å². The maximum atomic E-state index is 4.58. The Labute approximate surface area is 115 Å². The Morgan fingerprint density at radius 3 is 2.63 bits per heavy atom. The summed E-state index contributed by atoms with van der Waals surface area (Å²) in [5.41, 5.74) is 2.62. The second kappa shape index (κ2) is 5.43. The van der Waals surface area contributed by atoms with Crippen LogP contribution in [0.15, 0.2) is 6.33 Å². The van der Waals surface area contributed by atoms with Gasteiger partial charge in [0.25, 0.3) is 0 Å². The first-order chi connectivity index (χ1) is 9.28. The van der Waals surface area contributed by atoms with Crippen LogP contribution < -0.4 is 4.90 Å². The number of nitrogens with zero attached hydrogens (tertiary/aromatic N) is 5. The minimum absolute atomic E-state index is 1.01. The van der Waals surface area contributed by atoms with Gasteiger partial charge in [-0.3, -0.25) is 4.90 Å². The van der Waals surface area contributed by atoms with Gasteiger partial charge in [-0.2, -0.15) is 0 Å². The number of likely N-dealkylation sites (N-methyl/N-ethyl adjacent to an activating group) is 2. The zero-order valence-electron chi connectivity index (χ0n) is 12.0. The van der Waals surface area contributed by atoms with Crippen molar-refractivity contribution in [3.63, 3.8) is 0 Å². The minimum Gasteiger partial charge on any atom is -0.354 e. The first-order valence-electron chi connectivity index (χ1n) is 7.26. The second-order valence-corrected chi connectivity index (χ2v) is 5.53. The van der Waals surface area contributed by atoms with E-state index < -0.39 is 0 Å². The lowest BCUT2D eigenvalue weighted by molar-refractivity contribution is 0.264. The van der Waals surface area contributed by atoms with Gasteiger partial charge in [0.05, 0.1) is 5.69 Å². The third-order valence-corrected chi connectivity index (χ3v) is 4.31. The van der Waals surface area contributed by atoms with Gasteiger partial charge in [0.15, 0.2) is 0 Å². The molecule has 0 radical (unpaired) electrons. The molecule has 1 saturated heterocycles. The lowest BCUT2D eigenvalue weighted by Gasteiger charge is -2.36. The number of fused-ring (bicyclic) bond motifs is 1. The molecule has 0 aromatic carbocycles. The molecule has 0 saturated carbocycles. The van der Waals surface area contributed by atoms with E-state index in [1.54, 1.807) is 6.33 Å². The topological polar surface area (TPSA) is 35.5 Å². The van der Waals surface area contributed by atoms with Crippen molar-refractivity contribution in [2.24, 2.45) is 0 Å². The predicted octanol–water partition coefficient (Wildman–Crippen LogP) is 0.606. The summed E-state index contributed by atoms with van der Waals surface area (Å²) in [6.07, 6.45) is 2.81. The van der Waals surface area contributed by atoms with Crippen LogP contribution >= 0.6 is 0 Å². The molecule has 1 fully saturated rings. The van der Waals surface area contributed by atoms with Gasteiger partial charge >= 0.3 is 0 Å². The number of hydrogen-bond donors (Lipinski definition) is 0. The molecular formula is C14H23N5. The van der Waals surface area contributed by atoms with Gasteiger partial charge in [0, 0.05) is 51.3 Å². The van der Waals surface area contributed by atoms with Gasteiger partial charge in [0.2, 0.25) is 0 Å². The van der Waals surface area contributed by atoms with Gasteiger partial charge in [-0.25, -0.2) is 9.97 Å². The van der Waals surface area contributed by atoms with E-state index in [9.17, 15) is 0 Å². The highest BCUT2D eigenvalue weighted by Gasteiger charge is 2.24. The molecule has 0 aliphatic carbocycles. The molecule has 0 bridgehead atoms. The third-order valence-electron chi connectivity index (χ3n) is 4.31. The molecule has 19 heavy (non-hydrogen) atoms. The molecule has 3 heterocycles. The largest absolute Gasteiger partial charge is 0.354 e. The summed E-state index contributed by atoms with van der Waals surface area (Å²) < 4.78 is 0. The smallest absolute Gasteiger partial charge is 0.136 e. The fourth-order valence-electron chi connectivity index (χ4n) is 2.94. The van der Waals surface area contributed by atoms with Crippen LogP contribution in [0, 0.1) is 0 Å². The van der Waals surface area contributed by atoms with Gasteiger partial charge in [-0.15, -0.1) is 0 Å². The number of aromatic nitrogens is 2. The zero-order chi connectivity index (χ0) is 13.2. The fourth-order valence-corrected chi connectivity index (χ4v) is 2.94. The van der Waals surface area contributed by atoms with Crippen molar-refractivity contribution in [2.45, 2.75) is 19.9 Å². The van der Waals surface area contributed by atoms with E-state index >= 15 is 0 Å². The van der Waals surface area contributed by atoms with E-state index in [2.05, 4.69) is 38.6 Å². The van der Waals surface area contributed by atoms with Gasteiger partial charge in [-0.1, -0.05) is 6.92 Å². The fraction of sp³-hybridized carbons (Fsp3) is 0.714. The lowest BCUT2D eigenvalue weighted by Crippen LogP contribution is -2.45. The monoisotopic (exact) mass is 261 g/mol. The summed E-state index contributed by atoms with van der Waals surface area (Å²) in [6, 6.07) is 0. The Kier molecular flexibility index (Phi) is 3.66. The highest BCUT2D eigenvalue weighted by atomic mass is 15.3. The van der Waals surface area contributed by atoms with Crippen molar-refractivity contribution in [3.05, 3.63) is 17.6 Å². The highest BCUT2D eigenvalue weighted by molar-refractivity contribution is 5.49. The van der Waals surface area contributed by atoms with E-state index in [4.69, 9.17) is 0 Å². The van der Waals surface area contributed by atoms with E-state index in [0.29, 0.717) is 0 Å². The van der Waals surface area contributed by atoms with E-state index in [1.807, 2.05) is 0 Å². The minimum atomic E-state index is 1.01. The van der Waals surface area contributed by atoms with Gasteiger partial charge < -0.3 is 9.80 Å². The first-order valence-corrected chi connectivity index (χ1v) is 7.26. The normalized spacial score (nSPS) is 21.5. The summed E-state index contributed by atoms with van der Waals surface area (Å²) >= 11 is 0. The number of rotatable bonds is 2. The molecule has 0 amide bonds. The molecule has 2 aliphatic rings. The molecule has 3 rings (SSSR count). The van der Waals surface area contributed by atoms with Crippen molar-refractivity contribution in [3.8, 4) is 0 Å². The Morgan fingerprint density at radius 2 is 1.89 bits per heavy atom. The molecule has 5 nitrogen and oxygen atoms in total. The quantitative estimate of drug-likeness (QED) is 0.779. The van der Waals surface area contributed by atoms with Crippen LogP contribution in [0.4, 0.5) is 5.82 Å². The van der Waals surface area contributed by atoms with Crippen molar-refractivity contribution in [1.29, 1.82) is 0 Å². The molecule has 1 aromatic rings. The SMILES string of the molecule is CCN1CCc2ncnc(N3CCN(C)CC3)c2C1. The maximum absolute atomic E-state index is 4.58. The van der Waals surface area contributed by atoms with Crippen LogP contribution in [0.25, 0.3) is 0 Å². The van der Waals surface area contributed by atoms with Crippen LogP contribution in [0.3, 0.4) is 0 Å². The van der Waals surface area contributed by atoms with Crippen LogP contribution in [0.1, 0.15) is 18.2 Å². The average Bonchev–Trinajstić information content (AvgIpc) is 2.47. The van der Waals surface area contributed by atoms with Crippen LogP contribution in [-0.4, -0.2) is 66.1 Å². The van der Waals surface area contributed by atoms with E-state index in [0.717, 1.165) is 52.2 Å². The molecule has 5 heteroatoms. The molecular weight excluding hydrogens is 238 g/mol. The number of piperazine rings is 1. The molecule has 104 valence electrons. The molecule has 0 N–H and O–H groups in total. The van der Waals surface area contributed by atoms with Crippen LogP contribution in [0.2, 0.25) is 0 Å². The average molecular weight is 261 g/mol. The standard InChI is InChI=1S/C14H23N5/c1-3-18-5-4-13-12(10-18)14(16-11-15-13)19-8-6-17(2)7-9-19/h11H,3-10H2,1-2H3. The summed E-state index contributed by atoms with van der Waals surface area (Å²) in [7, 11) is 2.19. The van der Waals surface area contributed by atoms with Crippen molar-refractivity contribution in [2.75, 3.05) is 51.2 Å². The second-order valence-electron chi connectivity index (χ2n) is 5.53. The molecule has 0 atom stereocenters. The molecule has 1 aromatic heterocycles. The van der Waals surface area contributed by atoms with Crippen LogP contribution in [-0.2, 0) is 13.0 Å². The predicted molar refractivity (Wildman–Crippen MR) is 76.4 cm³/mol. The first kappa shape index (κ1) is 12.8. The Balaban J connectivity index is 1.86. The maximum Gasteiger partial charge on any atom is 0.136 e. The summed E-state index contributed by atoms with van der Waals surface area (Å²) in [6.45, 7) is 9.86. The molecule has 0 spiro atoms. The number of hydrogen-bond acceptors (Lipinski definition) is 5. The van der Waals surface area contributed by atoms with Crippen molar-refractivity contribution < 1.29 is 0 Å². The summed E-state index contributed by atoms with van der Waals surface area (Å²) in [5, 5.41) is 0. The highest BCUT2D eigenvalue weighted by Crippen LogP contribution is 2.26. The molecule has 2 aliphatic heterocycles. The zero-order valence-corrected chi connectivity index (χ0v) is 12.0. The van der Waals surface area contributed by atoms with Gasteiger partial charge in [0.1, 0.15) is 12.1 Å². The van der Waals surface area contributed by atoms with Crippen LogP contribution in [0.5, 0.6) is 0 Å². The Hall–Kier alpha value is -1.20. The lowest BCUT2D eigenvalue weighted by atomic mass is 10.1. The summed E-state index contributed by atoms with van der Waals surface area (Å²) in [4.78, 5) is 16.3. The summed E-state index contributed by atoms with van der Waals surface area (Å²) in [5.74, 6) is 1.18. The molecule has 0 unspecified atom stereocenters. The van der Waals surface area contributed by atoms with E-state index in [-0.39, 0.29) is 0 Å². The van der Waals surface area contributed by atoms with Crippen molar-refractivity contribution >= 4 is 5.82 Å². The number of anilines is 1. The Morgan fingerprint density at radius 1 is 1.11 bits per heavy atom. The van der Waals surface area contributed by atoms with E-state index in [1.165, 1.54) is 17.1 Å².